The molecule has 5 heteroatoms. The van der Waals surface area contributed by atoms with E-state index in [0.29, 0.717) is 17.1 Å². The summed E-state index contributed by atoms with van der Waals surface area (Å²) in [5, 5.41) is 4.01. The summed E-state index contributed by atoms with van der Waals surface area (Å²) in [6.45, 7) is 4.57. The molecule has 1 saturated carbocycles. The highest BCUT2D eigenvalue weighted by molar-refractivity contribution is 6.16. The first kappa shape index (κ1) is 12.8. The van der Waals surface area contributed by atoms with Crippen LogP contribution in [-0.4, -0.2) is 17.3 Å². The Kier molecular flexibility index (Phi) is 3.46. The molecule has 0 aliphatic heterocycles. The van der Waals surface area contributed by atoms with Gasteiger partial charge in [0.2, 0.25) is 11.7 Å². The van der Waals surface area contributed by atoms with Crippen molar-refractivity contribution in [3.63, 3.8) is 0 Å². The SMILES string of the molecule is COC1(c2noc(CCl)n2)CCC(C)(C)CC1. The molecule has 0 spiro atoms. The molecule has 0 unspecified atom stereocenters. The molecular formula is C12H19ClN2O2. The van der Waals surface area contributed by atoms with E-state index in [-0.39, 0.29) is 11.5 Å². The van der Waals surface area contributed by atoms with Gasteiger partial charge in [-0.15, -0.1) is 11.6 Å². The maximum absolute atomic E-state index is 5.69. The monoisotopic (exact) mass is 258 g/mol. The van der Waals surface area contributed by atoms with Crippen molar-refractivity contribution < 1.29 is 9.26 Å². The Morgan fingerprint density at radius 3 is 2.41 bits per heavy atom. The molecular weight excluding hydrogens is 240 g/mol. The van der Waals surface area contributed by atoms with Crippen molar-refractivity contribution in [2.45, 2.75) is 51.0 Å². The first-order chi connectivity index (χ1) is 8.01. The van der Waals surface area contributed by atoms with Crippen LogP contribution in [0.4, 0.5) is 0 Å². The number of alkyl halides is 1. The van der Waals surface area contributed by atoms with Crippen molar-refractivity contribution >= 4 is 11.6 Å². The van der Waals surface area contributed by atoms with E-state index in [2.05, 4.69) is 24.0 Å². The molecule has 1 fully saturated rings. The third kappa shape index (κ3) is 2.47. The van der Waals surface area contributed by atoms with Crippen LogP contribution >= 0.6 is 11.6 Å². The van der Waals surface area contributed by atoms with Gasteiger partial charge < -0.3 is 9.26 Å². The van der Waals surface area contributed by atoms with E-state index in [0.717, 1.165) is 25.7 Å². The third-order valence-corrected chi connectivity index (χ3v) is 4.02. The van der Waals surface area contributed by atoms with Crippen LogP contribution < -0.4 is 0 Å². The van der Waals surface area contributed by atoms with E-state index in [1.54, 1.807) is 7.11 Å². The summed E-state index contributed by atoms with van der Waals surface area (Å²) in [5.41, 5.74) is -0.00951. The number of methoxy groups -OCH3 is 1. The maximum Gasteiger partial charge on any atom is 0.241 e. The highest BCUT2D eigenvalue weighted by Crippen LogP contribution is 2.46. The first-order valence-electron chi connectivity index (χ1n) is 5.95. The van der Waals surface area contributed by atoms with Gasteiger partial charge in [0.25, 0.3) is 0 Å². The minimum atomic E-state index is -0.386. The lowest BCUT2D eigenvalue weighted by molar-refractivity contribution is -0.0740. The Bertz CT molecular complexity index is 380. The van der Waals surface area contributed by atoms with Gasteiger partial charge in [-0.2, -0.15) is 4.98 Å². The van der Waals surface area contributed by atoms with Crippen molar-refractivity contribution in [1.29, 1.82) is 0 Å². The molecule has 0 saturated heterocycles. The minimum absolute atomic E-state index is 0.248. The predicted molar refractivity (Wildman–Crippen MR) is 64.8 cm³/mol. The fourth-order valence-electron chi connectivity index (χ4n) is 2.34. The summed E-state index contributed by atoms with van der Waals surface area (Å²) >= 11 is 5.68. The van der Waals surface area contributed by atoms with E-state index >= 15 is 0 Å². The predicted octanol–water partition coefficient (Wildman–Crippen LogP) is 3.25. The van der Waals surface area contributed by atoms with Crippen LogP contribution in [0.5, 0.6) is 0 Å². The number of aromatic nitrogens is 2. The molecule has 0 N–H and O–H groups in total. The number of hydrogen-bond acceptors (Lipinski definition) is 4. The number of hydrogen-bond donors (Lipinski definition) is 0. The van der Waals surface area contributed by atoms with Gasteiger partial charge in [-0.1, -0.05) is 19.0 Å². The summed E-state index contributed by atoms with van der Waals surface area (Å²) in [6, 6.07) is 0. The summed E-state index contributed by atoms with van der Waals surface area (Å²) in [4.78, 5) is 4.31. The standard InChI is InChI=1S/C12H19ClN2O2/c1-11(2)4-6-12(16-3,7-5-11)10-14-9(8-13)17-15-10/h4-8H2,1-3H3. The quantitative estimate of drug-likeness (QED) is 0.781. The van der Waals surface area contributed by atoms with Gasteiger partial charge in [-0.25, -0.2) is 0 Å². The highest BCUT2D eigenvalue weighted by Gasteiger charge is 2.43. The molecule has 1 aliphatic carbocycles. The van der Waals surface area contributed by atoms with Crippen LogP contribution in [0.2, 0.25) is 0 Å². The van der Waals surface area contributed by atoms with Crippen molar-refractivity contribution in [3.8, 4) is 0 Å². The number of halogens is 1. The molecule has 0 bridgehead atoms. The normalized spacial score (nSPS) is 22.6. The van der Waals surface area contributed by atoms with E-state index in [9.17, 15) is 0 Å². The fourth-order valence-corrected chi connectivity index (χ4v) is 2.45. The Labute approximate surface area is 107 Å². The molecule has 17 heavy (non-hydrogen) atoms. The smallest absolute Gasteiger partial charge is 0.241 e. The van der Waals surface area contributed by atoms with Gasteiger partial charge in [0.05, 0.1) is 0 Å². The lowest BCUT2D eigenvalue weighted by Gasteiger charge is -2.40. The third-order valence-electron chi connectivity index (χ3n) is 3.79. The lowest BCUT2D eigenvalue weighted by Crippen LogP contribution is -2.37. The molecule has 2 rings (SSSR count). The lowest BCUT2D eigenvalue weighted by atomic mass is 9.70. The molecule has 0 amide bonds. The second-order valence-corrected chi connectivity index (χ2v) is 5.78. The summed E-state index contributed by atoms with van der Waals surface area (Å²) in [5.74, 6) is 1.35. The van der Waals surface area contributed by atoms with Crippen molar-refractivity contribution in [1.82, 2.24) is 10.1 Å². The second-order valence-electron chi connectivity index (χ2n) is 5.51. The molecule has 0 aromatic carbocycles. The van der Waals surface area contributed by atoms with Crippen LogP contribution in [0.1, 0.15) is 51.2 Å². The first-order valence-corrected chi connectivity index (χ1v) is 6.49. The Balaban J connectivity index is 2.21. The molecule has 96 valence electrons. The zero-order valence-corrected chi connectivity index (χ0v) is 11.4. The summed E-state index contributed by atoms with van der Waals surface area (Å²) in [7, 11) is 1.72. The van der Waals surface area contributed by atoms with Crippen molar-refractivity contribution in [2.24, 2.45) is 5.41 Å². The van der Waals surface area contributed by atoms with E-state index in [1.165, 1.54) is 0 Å². The molecule has 1 heterocycles. The van der Waals surface area contributed by atoms with Crippen LogP contribution in [0.25, 0.3) is 0 Å². The van der Waals surface area contributed by atoms with Gasteiger partial charge in [-0.05, 0) is 31.1 Å². The molecule has 0 radical (unpaired) electrons. The fraction of sp³-hybridized carbons (Fsp3) is 0.833. The van der Waals surface area contributed by atoms with Crippen LogP contribution in [0.15, 0.2) is 4.52 Å². The van der Waals surface area contributed by atoms with E-state index in [1.807, 2.05) is 0 Å². The van der Waals surface area contributed by atoms with E-state index in [4.69, 9.17) is 20.9 Å². The minimum Gasteiger partial charge on any atom is -0.370 e. The zero-order chi connectivity index (χ0) is 12.5. The van der Waals surface area contributed by atoms with Crippen molar-refractivity contribution in [3.05, 3.63) is 11.7 Å². The van der Waals surface area contributed by atoms with E-state index < -0.39 is 0 Å². The number of rotatable bonds is 3. The van der Waals surface area contributed by atoms with Crippen LogP contribution in [0.3, 0.4) is 0 Å². The van der Waals surface area contributed by atoms with Crippen molar-refractivity contribution in [2.75, 3.05) is 7.11 Å². The topological polar surface area (TPSA) is 48.2 Å². The average Bonchev–Trinajstić information content (AvgIpc) is 2.79. The Hall–Kier alpha value is -0.610. The molecule has 0 atom stereocenters. The van der Waals surface area contributed by atoms with Gasteiger partial charge >= 0.3 is 0 Å². The van der Waals surface area contributed by atoms with Gasteiger partial charge in [0.15, 0.2) is 0 Å². The Morgan fingerprint density at radius 2 is 1.94 bits per heavy atom. The number of ether oxygens (including phenoxy) is 1. The molecule has 4 nitrogen and oxygen atoms in total. The molecule has 1 aromatic rings. The van der Waals surface area contributed by atoms with Gasteiger partial charge in [0.1, 0.15) is 11.5 Å². The molecule has 1 aliphatic rings. The number of nitrogens with zero attached hydrogens (tertiary/aromatic N) is 2. The van der Waals surface area contributed by atoms with Crippen LogP contribution in [-0.2, 0) is 16.2 Å². The molecule has 1 aromatic heterocycles. The second kappa shape index (κ2) is 4.58. The summed E-state index contributed by atoms with van der Waals surface area (Å²) in [6.07, 6.45) is 4.06. The summed E-state index contributed by atoms with van der Waals surface area (Å²) < 4.78 is 10.8. The maximum atomic E-state index is 5.69. The Morgan fingerprint density at radius 1 is 1.29 bits per heavy atom. The average molecular weight is 259 g/mol. The van der Waals surface area contributed by atoms with Gasteiger partial charge in [-0.3, -0.25) is 0 Å². The van der Waals surface area contributed by atoms with Crippen LogP contribution in [0, 0.1) is 5.41 Å². The highest BCUT2D eigenvalue weighted by atomic mass is 35.5. The largest absolute Gasteiger partial charge is 0.370 e. The zero-order valence-electron chi connectivity index (χ0n) is 10.6. The van der Waals surface area contributed by atoms with Gasteiger partial charge in [0, 0.05) is 7.11 Å².